The monoisotopic (exact) mass is 542 g/mol. The lowest BCUT2D eigenvalue weighted by Gasteiger charge is -2.23. The van der Waals surface area contributed by atoms with Crippen molar-refractivity contribution in [2.24, 2.45) is 0 Å². The minimum absolute atomic E-state index is 0.00477. The van der Waals surface area contributed by atoms with Crippen LogP contribution in [0.25, 0.3) is 16.0 Å². The largest absolute Gasteiger partial charge is 0.507 e. The van der Waals surface area contributed by atoms with E-state index in [9.17, 15) is 19.1 Å². The highest BCUT2D eigenvalue weighted by molar-refractivity contribution is 7.22. The number of ketones is 1. The van der Waals surface area contributed by atoms with Crippen LogP contribution in [-0.4, -0.2) is 34.5 Å². The van der Waals surface area contributed by atoms with Gasteiger partial charge in [0.05, 0.1) is 21.8 Å². The summed E-state index contributed by atoms with van der Waals surface area (Å²) in [6.07, 6.45) is 2.28. The van der Waals surface area contributed by atoms with E-state index in [4.69, 9.17) is 9.47 Å². The van der Waals surface area contributed by atoms with Crippen LogP contribution in [0, 0.1) is 5.82 Å². The van der Waals surface area contributed by atoms with E-state index in [1.165, 1.54) is 23.1 Å². The Morgan fingerprint density at radius 2 is 2.08 bits per heavy atom. The average Bonchev–Trinajstić information content (AvgIpc) is 3.59. The zero-order valence-electron chi connectivity index (χ0n) is 20.9. The Morgan fingerprint density at radius 1 is 1.23 bits per heavy atom. The number of aromatic nitrogens is 1. The first kappa shape index (κ1) is 24.8. The van der Waals surface area contributed by atoms with Crippen LogP contribution in [-0.2, 0) is 16.0 Å². The van der Waals surface area contributed by atoms with Crippen LogP contribution in [0.3, 0.4) is 0 Å². The van der Waals surface area contributed by atoms with Gasteiger partial charge in [0.1, 0.15) is 35.8 Å². The van der Waals surface area contributed by atoms with Gasteiger partial charge in [0.2, 0.25) is 0 Å². The topological polar surface area (TPSA) is 89.0 Å². The van der Waals surface area contributed by atoms with Crippen molar-refractivity contribution in [3.8, 4) is 11.5 Å². The number of ether oxygens (including phenoxy) is 2. The van der Waals surface area contributed by atoms with Crippen molar-refractivity contribution >= 4 is 44.1 Å². The molecule has 6 rings (SSSR count). The average molecular weight is 543 g/mol. The number of nitrogens with zero attached hydrogens (tertiary/aromatic N) is 2. The highest BCUT2D eigenvalue weighted by Gasteiger charge is 2.48. The molecule has 0 bridgehead atoms. The summed E-state index contributed by atoms with van der Waals surface area (Å²) in [5.74, 6) is -1.18. The molecular weight excluding hydrogens is 519 g/mol. The van der Waals surface area contributed by atoms with E-state index < -0.39 is 23.5 Å². The highest BCUT2D eigenvalue weighted by atomic mass is 32.1. The van der Waals surface area contributed by atoms with E-state index in [0.717, 1.165) is 22.6 Å². The number of anilines is 1. The molecule has 2 aliphatic rings. The molecule has 7 nitrogen and oxygen atoms in total. The van der Waals surface area contributed by atoms with Gasteiger partial charge in [-0.1, -0.05) is 36.1 Å². The predicted octanol–water partition coefficient (Wildman–Crippen LogP) is 5.95. The molecule has 0 aliphatic carbocycles. The van der Waals surface area contributed by atoms with Gasteiger partial charge in [0.25, 0.3) is 5.78 Å². The van der Waals surface area contributed by atoms with Crippen LogP contribution in [0.2, 0.25) is 0 Å². The van der Waals surface area contributed by atoms with Gasteiger partial charge in [0.15, 0.2) is 5.13 Å². The summed E-state index contributed by atoms with van der Waals surface area (Å²) >= 11 is 1.09. The van der Waals surface area contributed by atoms with Crippen LogP contribution < -0.4 is 14.4 Å². The predicted molar refractivity (Wildman–Crippen MR) is 147 cm³/mol. The molecule has 1 amide bonds. The molecule has 1 N–H and O–H groups in total. The molecular formula is C30H23FN2O5S. The second-order valence-corrected chi connectivity index (χ2v) is 10.4. The van der Waals surface area contributed by atoms with E-state index in [0.29, 0.717) is 33.5 Å². The fourth-order valence-corrected chi connectivity index (χ4v) is 6.01. The summed E-state index contributed by atoms with van der Waals surface area (Å²) in [7, 11) is 0. The van der Waals surface area contributed by atoms with Crippen molar-refractivity contribution in [3.05, 3.63) is 101 Å². The number of hydrogen-bond donors (Lipinski definition) is 1. The first-order chi connectivity index (χ1) is 18.8. The summed E-state index contributed by atoms with van der Waals surface area (Å²) in [6.45, 7) is 5.89. The lowest BCUT2D eigenvalue weighted by atomic mass is 9.94. The van der Waals surface area contributed by atoms with Gasteiger partial charge in [0, 0.05) is 12.0 Å². The Hall–Kier alpha value is -4.50. The lowest BCUT2D eigenvalue weighted by molar-refractivity contribution is -0.132. The number of hydrogen-bond acceptors (Lipinski definition) is 7. The van der Waals surface area contributed by atoms with E-state index >= 15 is 0 Å². The van der Waals surface area contributed by atoms with Crippen LogP contribution in [0.5, 0.6) is 11.5 Å². The maximum atomic E-state index is 13.9. The Balaban J connectivity index is 1.53. The Labute approximate surface area is 227 Å². The summed E-state index contributed by atoms with van der Waals surface area (Å²) in [4.78, 5) is 32.9. The number of rotatable bonds is 6. The second-order valence-electron chi connectivity index (χ2n) is 9.40. The van der Waals surface area contributed by atoms with Gasteiger partial charge in [-0.25, -0.2) is 9.37 Å². The number of carbonyl (C=O) groups excluding carboxylic acids is 2. The zero-order chi connectivity index (χ0) is 27.3. The molecule has 3 aromatic carbocycles. The minimum Gasteiger partial charge on any atom is -0.507 e. The van der Waals surface area contributed by atoms with Gasteiger partial charge in [-0.2, -0.15) is 0 Å². The van der Waals surface area contributed by atoms with Crippen LogP contribution >= 0.6 is 11.3 Å². The number of halogens is 1. The molecule has 4 aromatic rings. The number of thiazole rings is 1. The minimum atomic E-state index is -0.994. The number of Topliss-reactive ketones (excluding diaryl/α,β-unsaturated/α-hetero) is 1. The van der Waals surface area contributed by atoms with Crippen LogP contribution in [0.1, 0.15) is 29.7 Å². The standard InChI is InChI=1S/C30H23FN2O5S/c1-3-11-37-21-6-4-5-17(14-21)26-25(27(34)18-7-10-23-19(13-18)12-16(2)38-23)28(35)29(36)33(26)30-32-22-9-8-20(31)15-24(22)39-30/h3-10,13-16,26,34H,1,11-12H2,2H3/b27-25+/t16-,26-/m0/s1. The van der Waals surface area contributed by atoms with Crippen molar-refractivity contribution in [2.45, 2.75) is 25.5 Å². The highest BCUT2D eigenvalue weighted by Crippen LogP contribution is 2.45. The molecule has 39 heavy (non-hydrogen) atoms. The fourth-order valence-electron chi connectivity index (χ4n) is 4.99. The van der Waals surface area contributed by atoms with Gasteiger partial charge in [-0.15, -0.1) is 0 Å². The smallest absolute Gasteiger partial charge is 0.301 e. The molecule has 9 heteroatoms. The quantitative estimate of drug-likeness (QED) is 0.140. The van der Waals surface area contributed by atoms with Crippen molar-refractivity contribution in [1.82, 2.24) is 4.98 Å². The zero-order valence-corrected chi connectivity index (χ0v) is 21.7. The SMILES string of the molecule is C=CCOc1cccc([C@H]2/C(=C(\O)c3ccc4c(c3)C[C@H](C)O4)C(=O)C(=O)N2c2nc3ccc(F)cc3s2)c1. The number of aliphatic hydroxyl groups excluding tert-OH is 1. The number of fused-ring (bicyclic) bond motifs is 2. The summed E-state index contributed by atoms with van der Waals surface area (Å²) in [5, 5.41) is 11.7. The molecule has 2 aliphatic heterocycles. The normalized spacial score (nSPS) is 19.8. The van der Waals surface area contributed by atoms with Crippen molar-refractivity contribution in [2.75, 3.05) is 11.5 Å². The van der Waals surface area contributed by atoms with Crippen molar-refractivity contribution in [1.29, 1.82) is 0 Å². The summed E-state index contributed by atoms with van der Waals surface area (Å²) in [5.41, 5.74) is 2.28. The molecule has 2 atom stereocenters. The summed E-state index contributed by atoms with van der Waals surface area (Å²) in [6, 6.07) is 15.3. The van der Waals surface area contributed by atoms with E-state index in [2.05, 4.69) is 11.6 Å². The first-order valence-corrected chi connectivity index (χ1v) is 13.2. The molecule has 0 spiro atoms. The molecule has 1 saturated heterocycles. The van der Waals surface area contributed by atoms with E-state index in [1.54, 1.807) is 48.5 Å². The third kappa shape index (κ3) is 4.34. The Kier molecular flexibility index (Phi) is 6.15. The van der Waals surface area contributed by atoms with Crippen molar-refractivity contribution in [3.63, 3.8) is 0 Å². The number of aliphatic hydroxyl groups is 1. The molecule has 196 valence electrons. The molecule has 0 radical (unpaired) electrons. The van der Waals surface area contributed by atoms with Crippen LogP contribution in [0.4, 0.5) is 9.52 Å². The summed E-state index contributed by atoms with van der Waals surface area (Å²) < 4.78 is 25.9. The third-order valence-electron chi connectivity index (χ3n) is 6.70. The van der Waals surface area contributed by atoms with Gasteiger partial charge in [-0.05, 0) is 66.6 Å². The molecule has 1 aromatic heterocycles. The maximum absolute atomic E-state index is 13.9. The van der Waals surface area contributed by atoms with E-state index in [-0.39, 0.29) is 29.2 Å². The van der Waals surface area contributed by atoms with Gasteiger partial charge < -0.3 is 14.6 Å². The fraction of sp³-hybridized carbons (Fsp3) is 0.167. The van der Waals surface area contributed by atoms with Crippen LogP contribution in [0.15, 0.2) is 78.9 Å². The first-order valence-electron chi connectivity index (χ1n) is 12.3. The van der Waals surface area contributed by atoms with E-state index in [1.807, 2.05) is 6.92 Å². The van der Waals surface area contributed by atoms with Gasteiger partial charge >= 0.3 is 5.91 Å². The molecule has 0 unspecified atom stereocenters. The second kappa shape index (κ2) is 9.67. The maximum Gasteiger partial charge on any atom is 0.301 e. The Bertz CT molecular complexity index is 1690. The van der Waals surface area contributed by atoms with Gasteiger partial charge in [-0.3, -0.25) is 14.5 Å². The third-order valence-corrected chi connectivity index (χ3v) is 7.72. The number of carbonyl (C=O) groups is 2. The lowest BCUT2D eigenvalue weighted by Crippen LogP contribution is -2.29. The molecule has 0 saturated carbocycles. The van der Waals surface area contributed by atoms with Crippen molar-refractivity contribution < 1.29 is 28.6 Å². The Morgan fingerprint density at radius 3 is 2.90 bits per heavy atom. The molecule has 3 heterocycles. The molecule has 1 fully saturated rings. The number of benzene rings is 3. The number of amides is 1.